The Bertz CT molecular complexity index is 459. The summed E-state index contributed by atoms with van der Waals surface area (Å²) in [5.41, 5.74) is 2.80. The maximum absolute atomic E-state index is 11.9. The first-order valence-corrected chi connectivity index (χ1v) is 6.24. The van der Waals surface area contributed by atoms with E-state index >= 15 is 0 Å². The second-order valence-electron chi connectivity index (χ2n) is 3.59. The minimum Gasteiger partial charge on any atom is -0.435 e. The van der Waals surface area contributed by atoms with E-state index in [1.165, 1.54) is 12.1 Å². The fourth-order valence-corrected chi connectivity index (χ4v) is 2.01. The van der Waals surface area contributed by atoms with E-state index in [2.05, 4.69) is 15.0 Å². The van der Waals surface area contributed by atoms with Crippen LogP contribution in [-0.2, 0) is 13.1 Å². The van der Waals surface area contributed by atoms with Gasteiger partial charge in [-0.2, -0.15) is 8.78 Å². The van der Waals surface area contributed by atoms with Crippen LogP contribution in [0, 0.1) is 0 Å². The zero-order valence-corrected chi connectivity index (χ0v) is 10.3. The lowest BCUT2D eigenvalue weighted by Crippen LogP contribution is -2.11. The molecule has 1 N–H and O–H groups in total. The van der Waals surface area contributed by atoms with Gasteiger partial charge in [0.2, 0.25) is 0 Å². The van der Waals surface area contributed by atoms with E-state index in [-0.39, 0.29) is 5.75 Å². The van der Waals surface area contributed by atoms with Gasteiger partial charge in [-0.3, -0.25) is 4.98 Å². The Labute approximate surface area is 107 Å². The van der Waals surface area contributed by atoms with Crippen molar-refractivity contribution in [3.05, 3.63) is 46.4 Å². The van der Waals surface area contributed by atoms with Crippen LogP contribution in [0.25, 0.3) is 0 Å². The molecule has 0 unspecified atom stereocenters. The Morgan fingerprint density at radius 3 is 2.61 bits per heavy atom. The number of hydrogen-bond donors (Lipinski definition) is 1. The fraction of sp³-hybridized carbons (Fsp3) is 0.250. The lowest BCUT2D eigenvalue weighted by Gasteiger charge is -2.06. The first-order valence-electron chi connectivity index (χ1n) is 5.36. The Morgan fingerprint density at radius 1 is 1.22 bits per heavy atom. The van der Waals surface area contributed by atoms with E-state index in [1.54, 1.807) is 29.0 Å². The summed E-state index contributed by atoms with van der Waals surface area (Å²) in [7, 11) is 0. The van der Waals surface area contributed by atoms with Crippen molar-refractivity contribution in [3.8, 4) is 5.75 Å². The molecule has 0 aliphatic heterocycles. The predicted molar refractivity (Wildman–Crippen MR) is 65.7 cm³/mol. The van der Waals surface area contributed by atoms with Gasteiger partial charge in [0.15, 0.2) is 0 Å². The van der Waals surface area contributed by atoms with Crippen LogP contribution in [0.5, 0.6) is 5.75 Å². The van der Waals surface area contributed by atoms with E-state index in [0.717, 1.165) is 17.0 Å². The van der Waals surface area contributed by atoms with Crippen molar-refractivity contribution in [2.75, 3.05) is 0 Å². The molecule has 0 spiro atoms. The van der Waals surface area contributed by atoms with Crippen molar-refractivity contribution < 1.29 is 13.5 Å². The molecule has 0 atom stereocenters. The summed E-state index contributed by atoms with van der Waals surface area (Å²) < 4.78 is 28.2. The molecule has 2 aromatic rings. The topological polar surface area (TPSA) is 34.1 Å². The first kappa shape index (κ1) is 12.9. The van der Waals surface area contributed by atoms with E-state index in [0.29, 0.717) is 6.54 Å². The average molecular weight is 270 g/mol. The van der Waals surface area contributed by atoms with Gasteiger partial charge in [-0.25, -0.2) is 0 Å². The van der Waals surface area contributed by atoms with Crippen LogP contribution >= 0.6 is 11.3 Å². The van der Waals surface area contributed by atoms with Crippen LogP contribution in [0.15, 0.2) is 36.0 Å². The number of nitrogens with one attached hydrogen (secondary N) is 1. The van der Waals surface area contributed by atoms with Crippen LogP contribution in [0.4, 0.5) is 8.78 Å². The van der Waals surface area contributed by atoms with E-state index in [1.807, 2.05) is 6.20 Å². The number of nitrogens with zero attached hydrogens (tertiary/aromatic N) is 1. The van der Waals surface area contributed by atoms with Gasteiger partial charge in [-0.15, -0.1) is 11.3 Å². The molecule has 18 heavy (non-hydrogen) atoms. The van der Waals surface area contributed by atoms with Gasteiger partial charge < -0.3 is 10.1 Å². The third-order valence-electron chi connectivity index (χ3n) is 2.26. The molecule has 0 radical (unpaired) electrons. The molecule has 0 aliphatic rings. The molecule has 0 saturated heterocycles. The van der Waals surface area contributed by atoms with E-state index in [9.17, 15) is 8.78 Å². The molecule has 0 bridgehead atoms. The summed E-state index contributed by atoms with van der Waals surface area (Å²) in [4.78, 5) is 5.14. The van der Waals surface area contributed by atoms with Crippen LogP contribution in [-0.4, -0.2) is 11.6 Å². The molecule has 6 heteroatoms. The average Bonchev–Trinajstić information content (AvgIpc) is 2.84. The van der Waals surface area contributed by atoms with Gasteiger partial charge in [0.05, 0.1) is 5.51 Å². The molecule has 0 saturated carbocycles. The van der Waals surface area contributed by atoms with E-state index < -0.39 is 6.61 Å². The van der Waals surface area contributed by atoms with Crippen molar-refractivity contribution in [1.82, 2.24) is 10.3 Å². The fourth-order valence-electron chi connectivity index (χ4n) is 1.45. The molecule has 0 fully saturated rings. The highest BCUT2D eigenvalue weighted by atomic mass is 32.1. The number of thiazole rings is 1. The lowest BCUT2D eigenvalue weighted by molar-refractivity contribution is -0.0498. The highest BCUT2D eigenvalue weighted by molar-refractivity contribution is 7.09. The van der Waals surface area contributed by atoms with Gasteiger partial charge in [-0.05, 0) is 17.7 Å². The Kier molecular flexibility index (Phi) is 4.60. The van der Waals surface area contributed by atoms with Crippen LogP contribution in [0.3, 0.4) is 0 Å². The molecule has 1 aromatic carbocycles. The maximum Gasteiger partial charge on any atom is 0.387 e. The summed E-state index contributed by atoms with van der Waals surface area (Å²) in [6.45, 7) is -1.35. The molecule has 1 heterocycles. The SMILES string of the molecule is FC(F)Oc1ccc(CNCc2cncs2)cc1. The molecule has 0 amide bonds. The number of alkyl halides is 2. The quantitative estimate of drug-likeness (QED) is 0.876. The molecular weight excluding hydrogens is 258 g/mol. The smallest absolute Gasteiger partial charge is 0.387 e. The van der Waals surface area contributed by atoms with Gasteiger partial charge in [0, 0.05) is 24.2 Å². The largest absolute Gasteiger partial charge is 0.435 e. The molecular formula is C12H12F2N2OS. The van der Waals surface area contributed by atoms with Crippen LogP contribution in [0.2, 0.25) is 0 Å². The van der Waals surface area contributed by atoms with Gasteiger partial charge in [0.1, 0.15) is 5.75 Å². The first-order chi connectivity index (χ1) is 8.74. The number of halogens is 2. The van der Waals surface area contributed by atoms with Crippen molar-refractivity contribution >= 4 is 11.3 Å². The normalized spacial score (nSPS) is 10.8. The molecule has 1 aromatic heterocycles. The number of ether oxygens (including phenoxy) is 1. The van der Waals surface area contributed by atoms with Crippen molar-refractivity contribution in [3.63, 3.8) is 0 Å². The minimum atomic E-state index is -2.78. The summed E-state index contributed by atoms with van der Waals surface area (Å²) in [6.07, 6.45) is 1.82. The number of hydrogen-bond acceptors (Lipinski definition) is 4. The number of rotatable bonds is 6. The molecule has 0 aliphatic carbocycles. The summed E-state index contributed by atoms with van der Waals surface area (Å²) in [5, 5.41) is 3.25. The second kappa shape index (κ2) is 6.42. The zero-order valence-electron chi connectivity index (χ0n) is 9.48. The molecule has 3 nitrogen and oxygen atoms in total. The minimum absolute atomic E-state index is 0.177. The van der Waals surface area contributed by atoms with Crippen molar-refractivity contribution in [2.24, 2.45) is 0 Å². The third kappa shape index (κ3) is 4.05. The lowest BCUT2D eigenvalue weighted by atomic mass is 10.2. The van der Waals surface area contributed by atoms with Crippen molar-refractivity contribution in [2.45, 2.75) is 19.7 Å². The van der Waals surface area contributed by atoms with Crippen LogP contribution < -0.4 is 10.1 Å². The summed E-state index contributed by atoms with van der Waals surface area (Å²) >= 11 is 1.59. The Balaban J connectivity index is 1.79. The second-order valence-corrected chi connectivity index (χ2v) is 4.56. The molecule has 96 valence electrons. The van der Waals surface area contributed by atoms with Crippen molar-refractivity contribution in [1.29, 1.82) is 0 Å². The Hall–Kier alpha value is -1.53. The highest BCUT2D eigenvalue weighted by Crippen LogP contribution is 2.15. The summed E-state index contributed by atoms with van der Waals surface area (Å²) in [5.74, 6) is 0.177. The molecule has 2 rings (SSSR count). The van der Waals surface area contributed by atoms with Gasteiger partial charge in [0.25, 0.3) is 0 Å². The van der Waals surface area contributed by atoms with Gasteiger partial charge >= 0.3 is 6.61 Å². The highest BCUT2D eigenvalue weighted by Gasteiger charge is 2.03. The number of benzene rings is 1. The summed E-state index contributed by atoms with van der Waals surface area (Å²) in [6, 6.07) is 6.60. The third-order valence-corrected chi connectivity index (χ3v) is 3.04. The van der Waals surface area contributed by atoms with Gasteiger partial charge in [-0.1, -0.05) is 12.1 Å². The standard InChI is InChI=1S/C12H12F2N2OS/c13-12(14)17-10-3-1-9(2-4-10)5-15-6-11-7-16-8-18-11/h1-4,7-8,12,15H,5-6H2. The monoisotopic (exact) mass is 270 g/mol. The van der Waals surface area contributed by atoms with E-state index in [4.69, 9.17) is 0 Å². The maximum atomic E-state index is 11.9. The Morgan fingerprint density at radius 2 is 2.00 bits per heavy atom. The predicted octanol–water partition coefficient (Wildman–Crippen LogP) is 3.03. The number of aromatic nitrogens is 1. The van der Waals surface area contributed by atoms with Crippen LogP contribution in [0.1, 0.15) is 10.4 Å². The zero-order chi connectivity index (χ0) is 12.8.